The molecule has 4 nitrogen and oxygen atoms in total. The third-order valence-corrected chi connectivity index (χ3v) is 3.61. The Balaban J connectivity index is 2.06. The number of carbonyl (C=O) groups is 2. The van der Waals surface area contributed by atoms with Crippen molar-refractivity contribution in [2.75, 3.05) is 0 Å². The Kier molecular flexibility index (Phi) is 5.92. The molecule has 23 heavy (non-hydrogen) atoms. The number of nitrogens with one attached hydrogen (secondary N) is 1. The van der Waals surface area contributed by atoms with Crippen LogP contribution in [-0.4, -0.2) is 23.0 Å². The fourth-order valence-electron chi connectivity index (χ4n) is 2.39. The minimum atomic E-state index is -1.01. The molecule has 1 amide bonds. The van der Waals surface area contributed by atoms with Crippen LogP contribution in [0.1, 0.15) is 25.3 Å². The van der Waals surface area contributed by atoms with Gasteiger partial charge in [-0.2, -0.15) is 0 Å². The van der Waals surface area contributed by atoms with Crippen LogP contribution in [0.3, 0.4) is 0 Å². The molecule has 1 unspecified atom stereocenters. The van der Waals surface area contributed by atoms with Crippen molar-refractivity contribution in [3.05, 3.63) is 60.2 Å². The van der Waals surface area contributed by atoms with Gasteiger partial charge in [0.15, 0.2) is 0 Å². The van der Waals surface area contributed by atoms with E-state index in [0.717, 1.165) is 16.7 Å². The maximum absolute atomic E-state index is 11.6. The van der Waals surface area contributed by atoms with Crippen molar-refractivity contribution in [3.63, 3.8) is 0 Å². The lowest BCUT2D eigenvalue weighted by Gasteiger charge is -2.14. The summed E-state index contributed by atoms with van der Waals surface area (Å²) in [7, 11) is 0. The quantitative estimate of drug-likeness (QED) is 0.825. The number of carbonyl (C=O) groups excluding carboxylic acids is 1. The van der Waals surface area contributed by atoms with E-state index < -0.39 is 12.0 Å². The van der Waals surface area contributed by atoms with E-state index in [1.807, 2.05) is 61.5 Å². The molecule has 0 fully saturated rings. The van der Waals surface area contributed by atoms with E-state index in [1.54, 1.807) is 0 Å². The smallest absolute Gasteiger partial charge is 0.326 e. The van der Waals surface area contributed by atoms with E-state index in [9.17, 15) is 14.7 Å². The van der Waals surface area contributed by atoms with Gasteiger partial charge in [0.05, 0.1) is 0 Å². The zero-order valence-electron chi connectivity index (χ0n) is 13.2. The van der Waals surface area contributed by atoms with Gasteiger partial charge < -0.3 is 10.4 Å². The Hall–Kier alpha value is -2.62. The van der Waals surface area contributed by atoms with Gasteiger partial charge in [0.2, 0.25) is 5.91 Å². The summed E-state index contributed by atoms with van der Waals surface area (Å²) in [6, 6.07) is 16.8. The molecule has 0 aliphatic carbocycles. The summed E-state index contributed by atoms with van der Waals surface area (Å²) in [5.74, 6) is -1.23. The van der Waals surface area contributed by atoms with Gasteiger partial charge in [0.1, 0.15) is 6.04 Å². The van der Waals surface area contributed by atoms with Crippen molar-refractivity contribution in [3.8, 4) is 11.1 Å². The molecule has 2 aromatic rings. The summed E-state index contributed by atoms with van der Waals surface area (Å²) >= 11 is 0. The summed E-state index contributed by atoms with van der Waals surface area (Å²) in [6.45, 7) is 1.89. The summed E-state index contributed by atoms with van der Waals surface area (Å²) in [6.07, 6.45) is 1.32. The Morgan fingerprint density at radius 3 is 2.17 bits per heavy atom. The normalized spacial score (nSPS) is 11.7. The third kappa shape index (κ3) is 4.95. The molecule has 4 heteroatoms. The SMILES string of the molecule is CCCC(=O)NC(Cc1ccc(-c2ccccc2)cc1)C(=O)O. The molecule has 2 aromatic carbocycles. The van der Waals surface area contributed by atoms with Crippen molar-refractivity contribution < 1.29 is 14.7 Å². The number of benzene rings is 2. The number of rotatable bonds is 7. The summed E-state index contributed by atoms with van der Waals surface area (Å²) in [4.78, 5) is 22.9. The van der Waals surface area contributed by atoms with Crippen molar-refractivity contribution in [2.45, 2.75) is 32.2 Å². The van der Waals surface area contributed by atoms with E-state index in [1.165, 1.54) is 0 Å². The van der Waals surface area contributed by atoms with E-state index in [4.69, 9.17) is 0 Å². The van der Waals surface area contributed by atoms with Crippen LogP contribution in [-0.2, 0) is 16.0 Å². The van der Waals surface area contributed by atoms with Gasteiger partial charge in [0.25, 0.3) is 0 Å². The molecule has 120 valence electrons. The van der Waals surface area contributed by atoms with Crippen molar-refractivity contribution in [1.82, 2.24) is 5.32 Å². The molecule has 2 rings (SSSR count). The second kappa shape index (κ2) is 8.13. The van der Waals surface area contributed by atoms with Crippen LogP contribution in [0.15, 0.2) is 54.6 Å². The van der Waals surface area contributed by atoms with Crippen LogP contribution in [0.25, 0.3) is 11.1 Å². The number of amides is 1. The van der Waals surface area contributed by atoms with Gasteiger partial charge in [-0.25, -0.2) is 4.79 Å². The molecule has 1 atom stereocenters. The lowest BCUT2D eigenvalue weighted by atomic mass is 10.0. The molecule has 0 saturated heterocycles. The van der Waals surface area contributed by atoms with Crippen LogP contribution in [0, 0.1) is 0 Å². The Labute approximate surface area is 136 Å². The van der Waals surface area contributed by atoms with Gasteiger partial charge in [-0.1, -0.05) is 61.5 Å². The predicted molar refractivity (Wildman–Crippen MR) is 90.1 cm³/mol. The van der Waals surface area contributed by atoms with Crippen LogP contribution < -0.4 is 5.32 Å². The highest BCUT2D eigenvalue weighted by molar-refractivity contribution is 5.83. The largest absolute Gasteiger partial charge is 0.480 e. The highest BCUT2D eigenvalue weighted by Crippen LogP contribution is 2.19. The Bertz CT molecular complexity index is 650. The molecule has 0 radical (unpaired) electrons. The molecule has 0 spiro atoms. The van der Waals surface area contributed by atoms with Crippen LogP contribution >= 0.6 is 0 Å². The van der Waals surface area contributed by atoms with Crippen LogP contribution in [0.5, 0.6) is 0 Å². The molecule has 2 N–H and O–H groups in total. The van der Waals surface area contributed by atoms with E-state index in [0.29, 0.717) is 12.8 Å². The van der Waals surface area contributed by atoms with Gasteiger partial charge in [-0.05, 0) is 23.1 Å². The molecule has 0 aliphatic rings. The first-order valence-corrected chi connectivity index (χ1v) is 7.76. The standard InChI is InChI=1S/C19H21NO3/c1-2-6-18(21)20-17(19(22)23)13-14-9-11-16(12-10-14)15-7-4-3-5-8-15/h3-5,7-12,17H,2,6,13H2,1H3,(H,20,21)(H,22,23). The van der Waals surface area contributed by atoms with Crippen molar-refractivity contribution in [1.29, 1.82) is 0 Å². The van der Waals surface area contributed by atoms with Gasteiger partial charge >= 0.3 is 5.97 Å². The lowest BCUT2D eigenvalue weighted by Crippen LogP contribution is -2.42. The maximum atomic E-state index is 11.6. The zero-order chi connectivity index (χ0) is 16.7. The minimum Gasteiger partial charge on any atom is -0.480 e. The van der Waals surface area contributed by atoms with Gasteiger partial charge in [0, 0.05) is 12.8 Å². The zero-order valence-corrected chi connectivity index (χ0v) is 13.2. The summed E-state index contributed by atoms with van der Waals surface area (Å²) < 4.78 is 0. The first-order chi connectivity index (χ1) is 11.1. The Morgan fingerprint density at radius 2 is 1.61 bits per heavy atom. The average molecular weight is 311 g/mol. The monoisotopic (exact) mass is 311 g/mol. The van der Waals surface area contributed by atoms with E-state index in [2.05, 4.69) is 5.32 Å². The van der Waals surface area contributed by atoms with Crippen LogP contribution in [0.2, 0.25) is 0 Å². The molecule has 0 bridgehead atoms. The first-order valence-electron chi connectivity index (χ1n) is 7.76. The predicted octanol–water partition coefficient (Wildman–Crippen LogP) is 3.27. The topological polar surface area (TPSA) is 66.4 Å². The fourth-order valence-corrected chi connectivity index (χ4v) is 2.39. The van der Waals surface area contributed by atoms with E-state index in [-0.39, 0.29) is 12.3 Å². The molecule has 0 saturated carbocycles. The van der Waals surface area contributed by atoms with Crippen LogP contribution in [0.4, 0.5) is 0 Å². The molecule has 0 aliphatic heterocycles. The number of carboxylic acids is 1. The second-order valence-corrected chi connectivity index (χ2v) is 5.48. The van der Waals surface area contributed by atoms with Crippen molar-refractivity contribution >= 4 is 11.9 Å². The van der Waals surface area contributed by atoms with E-state index >= 15 is 0 Å². The molecule has 0 aromatic heterocycles. The highest BCUT2D eigenvalue weighted by Gasteiger charge is 2.19. The number of aliphatic carboxylic acids is 1. The van der Waals surface area contributed by atoms with Gasteiger partial charge in [-0.3, -0.25) is 4.79 Å². The minimum absolute atomic E-state index is 0.221. The van der Waals surface area contributed by atoms with Crippen molar-refractivity contribution in [2.24, 2.45) is 0 Å². The van der Waals surface area contributed by atoms with Gasteiger partial charge in [-0.15, -0.1) is 0 Å². The Morgan fingerprint density at radius 1 is 1.00 bits per heavy atom. The molecule has 0 heterocycles. The fraction of sp³-hybridized carbons (Fsp3) is 0.263. The number of hydrogen-bond acceptors (Lipinski definition) is 2. The number of hydrogen-bond donors (Lipinski definition) is 2. The first kappa shape index (κ1) is 16.7. The maximum Gasteiger partial charge on any atom is 0.326 e. The second-order valence-electron chi connectivity index (χ2n) is 5.48. The molecular weight excluding hydrogens is 290 g/mol. The summed E-state index contributed by atoms with van der Waals surface area (Å²) in [5, 5.41) is 11.8. The average Bonchev–Trinajstić information content (AvgIpc) is 2.56. The third-order valence-electron chi connectivity index (χ3n) is 3.61. The molecular formula is C19H21NO3. The highest BCUT2D eigenvalue weighted by atomic mass is 16.4. The number of carboxylic acid groups (broad SMARTS) is 1. The lowest BCUT2D eigenvalue weighted by molar-refractivity contribution is -0.141. The summed E-state index contributed by atoms with van der Waals surface area (Å²) in [5.41, 5.74) is 3.08.